The summed E-state index contributed by atoms with van der Waals surface area (Å²) in [5.74, 6) is -0.0263. The largest absolute Gasteiger partial charge is 0.466 e. The average Bonchev–Trinajstić information content (AvgIpc) is 3.40. The van der Waals surface area contributed by atoms with Crippen molar-refractivity contribution in [2.45, 2.75) is 373 Å². The van der Waals surface area contributed by atoms with Gasteiger partial charge in [-0.1, -0.05) is 301 Å². The highest BCUT2D eigenvalue weighted by molar-refractivity contribution is 5.76. The number of aliphatic hydroxyl groups is 2. The number of rotatable bonds is 62. The van der Waals surface area contributed by atoms with Crippen molar-refractivity contribution in [3.05, 3.63) is 36.5 Å². The number of amides is 1. The van der Waals surface area contributed by atoms with Gasteiger partial charge >= 0.3 is 5.97 Å². The van der Waals surface area contributed by atoms with Gasteiger partial charge in [0.1, 0.15) is 0 Å². The van der Waals surface area contributed by atoms with E-state index in [4.69, 9.17) is 4.74 Å². The molecule has 0 aliphatic heterocycles. The Hall–Kier alpha value is -1.92. The van der Waals surface area contributed by atoms with Crippen LogP contribution in [0.3, 0.4) is 0 Å². The Morgan fingerprint density at radius 1 is 0.378 bits per heavy atom. The van der Waals surface area contributed by atoms with Gasteiger partial charge in [-0.15, -0.1) is 0 Å². The van der Waals surface area contributed by atoms with Gasteiger partial charge in [0.2, 0.25) is 5.91 Å². The number of carbonyl (C=O) groups is 2. The predicted molar refractivity (Wildman–Crippen MR) is 324 cm³/mol. The maximum absolute atomic E-state index is 12.5. The number of esters is 1. The molecule has 0 aromatic rings. The summed E-state index contributed by atoms with van der Waals surface area (Å²) in [6.45, 7) is 4.94. The number of hydrogen-bond acceptors (Lipinski definition) is 5. The molecule has 0 aromatic heterocycles. The van der Waals surface area contributed by atoms with E-state index in [-0.39, 0.29) is 18.5 Å². The van der Waals surface area contributed by atoms with Crippen LogP contribution in [0.5, 0.6) is 0 Å². The van der Waals surface area contributed by atoms with Gasteiger partial charge in [0, 0.05) is 12.8 Å². The summed E-state index contributed by atoms with van der Waals surface area (Å²) in [5.41, 5.74) is 0. The van der Waals surface area contributed by atoms with Crippen molar-refractivity contribution >= 4 is 11.9 Å². The molecular weight excluding hydrogens is 911 g/mol. The van der Waals surface area contributed by atoms with E-state index in [2.05, 4.69) is 55.6 Å². The Labute approximate surface area is 462 Å². The van der Waals surface area contributed by atoms with Crippen molar-refractivity contribution in [1.29, 1.82) is 0 Å². The monoisotopic (exact) mass is 1040 g/mol. The van der Waals surface area contributed by atoms with Crippen molar-refractivity contribution in [2.75, 3.05) is 13.2 Å². The molecule has 0 fully saturated rings. The smallest absolute Gasteiger partial charge is 0.305 e. The van der Waals surface area contributed by atoms with Crippen molar-refractivity contribution in [3.63, 3.8) is 0 Å². The third-order valence-corrected chi connectivity index (χ3v) is 15.4. The number of carbonyl (C=O) groups excluding carboxylic acids is 2. The van der Waals surface area contributed by atoms with Crippen LogP contribution in [0.4, 0.5) is 0 Å². The first kappa shape index (κ1) is 72.1. The minimum Gasteiger partial charge on any atom is -0.466 e. The lowest BCUT2D eigenvalue weighted by Crippen LogP contribution is -2.45. The van der Waals surface area contributed by atoms with Gasteiger partial charge in [0.25, 0.3) is 0 Å². The Morgan fingerprint density at radius 3 is 1.05 bits per heavy atom. The van der Waals surface area contributed by atoms with Crippen LogP contribution in [0.2, 0.25) is 0 Å². The van der Waals surface area contributed by atoms with E-state index < -0.39 is 12.1 Å². The fourth-order valence-electron chi connectivity index (χ4n) is 10.3. The quantitative estimate of drug-likeness (QED) is 0.0320. The first-order valence-corrected chi connectivity index (χ1v) is 33.2. The normalized spacial score (nSPS) is 12.8. The number of allylic oxidation sites excluding steroid dienone is 6. The number of nitrogens with one attached hydrogen (secondary N) is 1. The summed E-state index contributed by atoms with van der Waals surface area (Å²) in [6.07, 6.45) is 80.4. The van der Waals surface area contributed by atoms with E-state index in [9.17, 15) is 19.8 Å². The molecule has 0 bridgehead atoms. The van der Waals surface area contributed by atoms with E-state index in [1.165, 1.54) is 276 Å². The predicted octanol–water partition coefficient (Wildman–Crippen LogP) is 21.1. The number of aliphatic hydroxyl groups excluding tert-OH is 2. The lowest BCUT2D eigenvalue weighted by molar-refractivity contribution is -0.143. The molecule has 0 rings (SSSR count). The fourth-order valence-corrected chi connectivity index (χ4v) is 10.3. The maximum Gasteiger partial charge on any atom is 0.305 e. The van der Waals surface area contributed by atoms with E-state index >= 15 is 0 Å². The van der Waals surface area contributed by atoms with Crippen LogP contribution < -0.4 is 5.32 Å². The second-order valence-electron chi connectivity index (χ2n) is 22.8. The summed E-state index contributed by atoms with van der Waals surface area (Å²) < 4.78 is 5.50. The standard InChI is InChI=1S/C68H129NO5/c1-3-5-7-9-11-13-15-16-17-18-32-35-38-42-46-50-54-58-62-68(73)74-63-59-55-51-47-43-39-36-33-30-28-26-24-22-20-19-21-23-25-27-29-31-34-37-41-45-49-53-57-61-67(72)69-65(64-70)66(71)60-56-52-48-44-40-14-12-10-8-6-4-2/h13,15,17-20,65-66,70-71H,3-12,14,16,21-64H2,1-2H3,(H,69,72)/b15-13-,18-17-,20-19-. The summed E-state index contributed by atoms with van der Waals surface area (Å²) in [4.78, 5) is 24.5. The van der Waals surface area contributed by atoms with Crippen LogP contribution in [-0.4, -0.2) is 47.4 Å². The van der Waals surface area contributed by atoms with Gasteiger partial charge in [-0.3, -0.25) is 9.59 Å². The van der Waals surface area contributed by atoms with Crippen LogP contribution in [-0.2, 0) is 14.3 Å². The average molecular weight is 1040 g/mol. The Balaban J connectivity index is 3.35. The zero-order valence-electron chi connectivity index (χ0n) is 49.8. The topological polar surface area (TPSA) is 95.9 Å². The highest BCUT2D eigenvalue weighted by atomic mass is 16.5. The Bertz CT molecular complexity index is 1200. The molecule has 74 heavy (non-hydrogen) atoms. The van der Waals surface area contributed by atoms with Crippen LogP contribution in [0, 0.1) is 0 Å². The second-order valence-corrected chi connectivity index (χ2v) is 22.8. The van der Waals surface area contributed by atoms with Crippen molar-refractivity contribution < 1.29 is 24.5 Å². The molecule has 0 aliphatic carbocycles. The molecule has 6 nitrogen and oxygen atoms in total. The highest BCUT2D eigenvalue weighted by Gasteiger charge is 2.20. The summed E-state index contributed by atoms with van der Waals surface area (Å²) in [6, 6.07) is -0.540. The van der Waals surface area contributed by atoms with Gasteiger partial charge < -0.3 is 20.3 Å². The van der Waals surface area contributed by atoms with Gasteiger partial charge in [-0.2, -0.15) is 0 Å². The van der Waals surface area contributed by atoms with E-state index in [1.807, 2.05) is 0 Å². The van der Waals surface area contributed by atoms with Crippen LogP contribution in [0.15, 0.2) is 36.5 Å². The molecule has 436 valence electrons. The van der Waals surface area contributed by atoms with Crippen molar-refractivity contribution in [2.24, 2.45) is 0 Å². The number of ether oxygens (including phenoxy) is 1. The highest BCUT2D eigenvalue weighted by Crippen LogP contribution is 2.18. The number of hydrogen-bond donors (Lipinski definition) is 3. The molecule has 0 spiro atoms. The minimum absolute atomic E-state index is 0.00863. The molecular formula is C68H129NO5. The second kappa shape index (κ2) is 63.6. The summed E-state index contributed by atoms with van der Waals surface area (Å²) in [7, 11) is 0. The molecule has 6 heteroatoms. The number of unbranched alkanes of at least 4 members (excludes halogenated alkanes) is 45. The van der Waals surface area contributed by atoms with Gasteiger partial charge in [-0.05, 0) is 83.5 Å². The molecule has 2 unspecified atom stereocenters. The van der Waals surface area contributed by atoms with E-state index in [0.29, 0.717) is 25.9 Å². The van der Waals surface area contributed by atoms with Gasteiger partial charge in [0.15, 0.2) is 0 Å². The van der Waals surface area contributed by atoms with Crippen molar-refractivity contribution in [3.8, 4) is 0 Å². The van der Waals surface area contributed by atoms with Crippen LogP contribution in [0.1, 0.15) is 361 Å². The summed E-state index contributed by atoms with van der Waals surface area (Å²) >= 11 is 0. The molecule has 0 aliphatic rings. The maximum atomic E-state index is 12.5. The zero-order chi connectivity index (χ0) is 53.6. The van der Waals surface area contributed by atoms with Gasteiger partial charge in [0.05, 0.1) is 25.4 Å². The fraction of sp³-hybridized carbons (Fsp3) is 0.882. The molecule has 0 saturated heterocycles. The SMILES string of the molecule is CCCCCC/C=C\C/C=C\CCCCCCCCCC(=O)OCCCCCCCCCCCCCC/C=C\CCCCCCCCCCCCCCC(=O)NC(CO)C(O)CCCCCCCCCCCCC. The molecule has 0 heterocycles. The van der Waals surface area contributed by atoms with E-state index in [0.717, 1.165) is 51.4 Å². The first-order chi connectivity index (χ1) is 36.5. The zero-order valence-corrected chi connectivity index (χ0v) is 49.8. The molecule has 1 amide bonds. The molecule has 0 radical (unpaired) electrons. The molecule has 2 atom stereocenters. The lowest BCUT2D eigenvalue weighted by Gasteiger charge is -2.22. The minimum atomic E-state index is -0.663. The third kappa shape index (κ3) is 59.3. The molecule has 0 aromatic carbocycles. The Kier molecular flexibility index (Phi) is 62.0. The van der Waals surface area contributed by atoms with Crippen molar-refractivity contribution in [1.82, 2.24) is 5.32 Å². The lowest BCUT2D eigenvalue weighted by atomic mass is 10.0. The first-order valence-electron chi connectivity index (χ1n) is 33.2. The Morgan fingerprint density at radius 2 is 0.676 bits per heavy atom. The van der Waals surface area contributed by atoms with Crippen LogP contribution in [0.25, 0.3) is 0 Å². The van der Waals surface area contributed by atoms with E-state index in [1.54, 1.807) is 0 Å². The van der Waals surface area contributed by atoms with Gasteiger partial charge in [-0.25, -0.2) is 0 Å². The molecule has 0 saturated carbocycles. The third-order valence-electron chi connectivity index (χ3n) is 15.4. The summed E-state index contributed by atoms with van der Waals surface area (Å²) in [5, 5.41) is 23.2. The van der Waals surface area contributed by atoms with Crippen LogP contribution >= 0.6 is 0 Å². The molecule has 3 N–H and O–H groups in total.